The molecule has 146 valence electrons. The summed E-state index contributed by atoms with van der Waals surface area (Å²) in [5.74, 6) is 0.999. The number of ether oxygens (including phenoxy) is 1. The van der Waals surface area contributed by atoms with Crippen molar-refractivity contribution in [2.45, 2.75) is 31.5 Å². The second kappa shape index (κ2) is 6.74. The molecule has 0 fully saturated rings. The molecule has 0 bridgehead atoms. The SMILES string of the molecule is CC1(C)c2cc(OCC(O)[C@H](O)CO)ccc2C(=O)c2c1oc1ccccc21. The molecule has 6 nitrogen and oxygen atoms in total. The number of carbonyl (C=O) groups excluding carboxylic acids is 1. The molecule has 1 aliphatic rings. The molecule has 1 aromatic heterocycles. The maximum Gasteiger partial charge on any atom is 0.197 e. The summed E-state index contributed by atoms with van der Waals surface area (Å²) in [6, 6.07) is 12.6. The number of aliphatic hydroxyl groups excluding tert-OH is 3. The molecule has 2 atom stereocenters. The third kappa shape index (κ3) is 2.81. The lowest BCUT2D eigenvalue weighted by Gasteiger charge is -2.31. The molecule has 0 aliphatic heterocycles. The molecule has 6 heteroatoms. The van der Waals surface area contributed by atoms with E-state index in [9.17, 15) is 15.0 Å². The fourth-order valence-corrected chi connectivity index (χ4v) is 3.71. The first-order valence-corrected chi connectivity index (χ1v) is 9.15. The van der Waals surface area contributed by atoms with E-state index in [4.69, 9.17) is 14.3 Å². The Balaban J connectivity index is 1.73. The number of fused-ring (bicyclic) bond motifs is 4. The lowest BCUT2D eigenvalue weighted by Crippen LogP contribution is -2.34. The summed E-state index contributed by atoms with van der Waals surface area (Å²) in [5.41, 5.74) is 2.09. The van der Waals surface area contributed by atoms with E-state index in [0.717, 1.165) is 10.9 Å². The van der Waals surface area contributed by atoms with Gasteiger partial charge in [0.15, 0.2) is 5.78 Å². The molecule has 0 amide bonds. The van der Waals surface area contributed by atoms with Crippen LogP contribution in [0, 0.1) is 0 Å². The first-order valence-electron chi connectivity index (χ1n) is 9.15. The van der Waals surface area contributed by atoms with Gasteiger partial charge in [-0.2, -0.15) is 0 Å². The average molecular weight is 382 g/mol. The Kier molecular flexibility index (Phi) is 4.50. The van der Waals surface area contributed by atoms with E-state index in [1.54, 1.807) is 18.2 Å². The number of rotatable bonds is 5. The summed E-state index contributed by atoms with van der Waals surface area (Å²) in [4.78, 5) is 13.2. The number of aliphatic hydroxyl groups is 3. The third-order valence-electron chi connectivity index (χ3n) is 5.35. The van der Waals surface area contributed by atoms with Crippen molar-refractivity contribution in [1.82, 2.24) is 0 Å². The van der Waals surface area contributed by atoms with E-state index in [-0.39, 0.29) is 12.4 Å². The van der Waals surface area contributed by atoms with E-state index in [2.05, 4.69) is 0 Å². The Morgan fingerprint density at radius 3 is 2.61 bits per heavy atom. The monoisotopic (exact) mass is 382 g/mol. The van der Waals surface area contributed by atoms with Crippen LogP contribution in [0.15, 0.2) is 46.9 Å². The van der Waals surface area contributed by atoms with Crippen molar-refractivity contribution < 1.29 is 29.3 Å². The predicted octanol–water partition coefficient (Wildman–Crippen LogP) is 2.40. The van der Waals surface area contributed by atoms with Gasteiger partial charge in [0.2, 0.25) is 0 Å². The van der Waals surface area contributed by atoms with Crippen LogP contribution < -0.4 is 4.74 Å². The van der Waals surface area contributed by atoms with Gasteiger partial charge in [-0.15, -0.1) is 0 Å². The molecule has 3 aromatic rings. The van der Waals surface area contributed by atoms with Crippen molar-refractivity contribution in [3.63, 3.8) is 0 Å². The standard InChI is InChI=1S/C22H22O6/c1-22(2)15-9-12(27-11-17(25)16(24)10-23)7-8-13(15)20(26)19-14-5-3-4-6-18(14)28-21(19)22/h3-9,16-17,23-25H,10-11H2,1-2H3/t16-,17?/m1/s1. The third-order valence-corrected chi connectivity index (χ3v) is 5.35. The normalized spacial score (nSPS) is 17.1. The highest BCUT2D eigenvalue weighted by Gasteiger charge is 2.41. The molecule has 1 unspecified atom stereocenters. The largest absolute Gasteiger partial charge is 0.491 e. The van der Waals surface area contributed by atoms with Gasteiger partial charge in [-0.3, -0.25) is 4.79 Å². The van der Waals surface area contributed by atoms with Crippen LogP contribution in [-0.2, 0) is 5.41 Å². The molecular weight excluding hydrogens is 360 g/mol. The molecule has 0 spiro atoms. The lowest BCUT2D eigenvalue weighted by atomic mass is 9.72. The fourth-order valence-electron chi connectivity index (χ4n) is 3.71. The van der Waals surface area contributed by atoms with Crippen LogP contribution in [0.3, 0.4) is 0 Å². The Bertz CT molecular complexity index is 1050. The summed E-state index contributed by atoms with van der Waals surface area (Å²) in [6.45, 7) is 3.26. The molecule has 2 aromatic carbocycles. The zero-order valence-electron chi connectivity index (χ0n) is 15.7. The van der Waals surface area contributed by atoms with Crippen LogP contribution in [0.25, 0.3) is 11.0 Å². The first-order chi connectivity index (χ1) is 13.3. The maximum atomic E-state index is 13.2. The minimum absolute atomic E-state index is 0.0865. The first kappa shape index (κ1) is 18.7. The number of ketones is 1. The van der Waals surface area contributed by atoms with Crippen molar-refractivity contribution >= 4 is 16.8 Å². The lowest BCUT2D eigenvalue weighted by molar-refractivity contribution is -0.0339. The van der Waals surface area contributed by atoms with Gasteiger partial charge in [0, 0.05) is 16.4 Å². The van der Waals surface area contributed by atoms with Gasteiger partial charge in [0.25, 0.3) is 0 Å². The summed E-state index contributed by atoms with van der Waals surface area (Å²) in [6.07, 6.45) is -2.48. The van der Waals surface area contributed by atoms with Crippen molar-refractivity contribution in [1.29, 1.82) is 0 Å². The van der Waals surface area contributed by atoms with Gasteiger partial charge < -0.3 is 24.5 Å². The van der Waals surface area contributed by atoms with Gasteiger partial charge in [-0.05, 0) is 43.7 Å². The summed E-state index contributed by atoms with van der Waals surface area (Å²) in [7, 11) is 0. The van der Waals surface area contributed by atoms with Crippen LogP contribution in [0.1, 0.15) is 41.1 Å². The fraction of sp³-hybridized carbons (Fsp3) is 0.318. The Labute approximate surface area is 162 Å². The molecule has 0 saturated carbocycles. The topological polar surface area (TPSA) is 100 Å². The second-order valence-electron chi connectivity index (χ2n) is 7.59. The highest BCUT2D eigenvalue weighted by atomic mass is 16.5. The number of para-hydroxylation sites is 1. The van der Waals surface area contributed by atoms with Crippen LogP contribution >= 0.6 is 0 Å². The summed E-state index contributed by atoms with van der Waals surface area (Å²) < 4.78 is 11.6. The van der Waals surface area contributed by atoms with Gasteiger partial charge in [0.05, 0.1) is 12.2 Å². The quantitative estimate of drug-likeness (QED) is 0.627. The zero-order valence-corrected chi connectivity index (χ0v) is 15.7. The van der Waals surface area contributed by atoms with E-state index < -0.39 is 24.2 Å². The van der Waals surface area contributed by atoms with Crippen LogP contribution in [0.2, 0.25) is 0 Å². The van der Waals surface area contributed by atoms with Crippen molar-refractivity contribution in [2.24, 2.45) is 0 Å². The van der Waals surface area contributed by atoms with E-state index in [1.807, 2.05) is 38.1 Å². The molecule has 0 saturated heterocycles. The Hall–Kier alpha value is -2.67. The van der Waals surface area contributed by atoms with Crippen molar-refractivity contribution in [3.8, 4) is 5.75 Å². The number of hydrogen-bond donors (Lipinski definition) is 3. The minimum atomic E-state index is -1.27. The van der Waals surface area contributed by atoms with Crippen molar-refractivity contribution in [3.05, 3.63) is 64.9 Å². The van der Waals surface area contributed by atoms with E-state index >= 15 is 0 Å². The Morgan fingerprint density at radius 1 is 1.11 bits per heavy atom. The number of furan rings is 1. The van der Waals surface area contributed by atoms with Crippen LogP contribution in [0.4, 0.5) is 0 Å². The second-order valence-corrected chi connectivity index (χ2v) is 7.59. The summed E-state index contributed by atoms with van der Waals surface area (Å²) >= 11 is 0. The smallest absolute Gasteiger partial charge is 0.197 e. The number of benzene rings is 2. The maximum absolute atomic E-state index is 13.2. The highest BCUT2D eigenvalue weighted by molar-refractivity contribution is 6.19. The van der Waals surface area contributed by atoms with Gasteiger partial charge in [-0.25, -0.2) is 0 Å². The van der Waals surface area contributed by atoms with Gasteiger partial charge in [0.1, 0.15) is 35.9 Å². The van der Waals surface area contributed by atoms with Crippen molar-refractivity contribution in [2.75, 3.05) is 13.2 Å². The Morgan fingerprint density at radius 2 is 1.86 bits per heavy atom. The number of carbonyl (C=O) groups is 1. The molecule has 4 rings (SSSR count). The minimum Gasteiger partial charge on any atom is -0.491 e. The molecule has 1 heterocycles. The van der Waals surface area contributed by atoms with E-state index in [1.165, 1.54) is 0 Å². The number of hydrogen-bond acceptors (Lipinski definition) is 6. The molecule has 0 radical (unpaired) electrons. The highest BCUT2D eigenvalue weighted by Crippen LogP contribution is 2.46. The van der Waals surface area contributed by atoms with E-state index in [0.29, 0.717) is 28.2 Å². The molecule has 3 N–H and O–H groups in total. The van der Waals surface area contributed by atoms with Crippen LogP contribution in [-0.4, -0.2) is 46.5 Å². The molecular formula is C22H22O6. The van der Waals surface area contributed by atoms with Gasteiger partial charge >= 0.3 is 0 Å². The van der Waals surface area contributed by atoms with Gasteiger partial charge in [-0.1, -0.05) is 18.2 Å². The zero-order chi connectivity index (χ0) is 20.1. The van der Waals surface area contributed by atoms with Crippen LogP contribution in [0.5, 0.6) is 5.75 Å². The summed E-state index contributed by atoms with van der Waals surface area (Å²) in [5, 5.41) is 28.9. The average Bonchev–Trinajstić information content (AvgIpc) is 3.10. The predicted molar refractivity (Wildman–Crippen MR) is 103 cm³/mol. The molecule has 1 aliphatic carbocycles. The molecule has 28 heavy (non-hydrogen) atoms.